The zero-order valence-electron chi connectivity index (χ0n) is 72.0. The van der Waals surface area contributed by atoms with Crippen LogP contribution in [0.15, 0.2) is 203 Å². The number of hydrogen-bond acceptors (Lipinski definition) is 30. The van der Waals surface area contributed by atoms with E-state index in [4.69, 9.17) is 42.4 Å². The van der Waals surface area contributed by atoms with Gasteiger partial charge in [-0.05, 0) is 105 Å². The van der Waals surface area contributed by atoms with Gasteiger partial charge >= 0.3 is 5.97 Å². The Morgan fingerprint density at radius 2 is 0.636 bits per heavy atom. The smallest absolute Gasteiger partial charge is 0.335 e. The molecule has 0 bridgehead atoms. The third-order valence-corrected chi connectivity index (χ3v) is 24.0. The predicted molar refractivity (Wildman–Crippen MR) is 496 cm³/mol. The minimum Gasteiger partial charge on any atom is -0.479 e. The van der Waals surface area contributed by atoms with Crippen LogP contribution in [0.25, 0.3) is 49.9 Å². The number of hydrogen-bond donors (Lipinski definition) is 8. The molecule has 4 aliphatic heterocycles. The maximum atomic E-state index is 13.3. The summed E-state index contributed by atoms with van der Waals surface area (Å²) < 4.78 is 55.9. The van der Waals surface area contributed by atoms with Crippen LogP contribution in [-0.2, 0) is 47.3 Å². The van der Waals surface area contributed by atoms with E-state index in [1.54, 1.807) is 107 Å². The van der Waals surface area contributed by atoms with Gasteiger partial charge in [0.05, 0.1) is 47.4 Å². The molecule has 3 aromatic carbocycles. The summed E-state index contributed by atoms with van der Waals surface area (Å²) in [6, 6.07) is 24.9. The second kappa shape index (κ2) is 40.6. The van der Waals surface area contributed by atoms with Gasteiger partial charge in [0.15, 0.2) is 23.1 Å². The monoisotopic (exact) mass is 1810 g/mol. The highest BCUT2D eigenvalue weighted by Gasteiger charge is 2.48. The lowest BCUT2D eigenvalue weighted by atomic mass is 9.80. The van der Waals surface area contributed by atoms with Gasteiger partial charge in [0.1, 0.15) is 59.1 Å². The van der Waals surface area contributed by atoms with E-state index in [0.717, 1.165) is 193 Å². The summed E-state index contributed by atoms with van der Waals surface area (Å²) in [5.41, 5.74) is 28.9. The van der Waals surface area contributed by atoms with Crippen molar-refractivity contribution >= 4 is 57.8 Å². The van der Waals surface area contributed by atoms with Crippen LogP contribution in [0.4, 0.5) is 48.5 Å². The predicted octanol–water partition coefficient (Wildman–Crippen LogP) is 8.21. The Labute approximate surface area is 761 Å². The number of rotatable bonds is 16. The van der Waals surface area contributed by atoms with E-state index in [9.17, 15) is 23.1 Å². The van der Waals surface area contributed by atoms with E-state index in [1.165, 1.54) is 49.2 Å². The molecule has 12 aromatic heterocycles. The molecule has 0 radical (unpaired) electrons. The highest BCUT2D eigenvalue weighted by molar-refractivity contribution is 5.80. The number of aromatic nitrogens is 21. The van der Waals surface area contributed by atoms with Crippen LogP contribution in [0.3, 0.4) is 0 Å². The molecule has 0 spiro atoms. The molecular formula is C92H113F3N30O7. The number of piperazine rings is 3. The lowest BCUT2D eigenvalue weighted by Gasteiger charge is -2.37. The van der Waals surface area contributed by atoms with Gasteiger partial charge in [0, 0.05) is 250 Å². The molecule has 5 fully saturated rings. The Kier molecular flexibility index (Phi) is 29.5. The van der Waals surface area contributed by atoms with Crippen LogP contribution in [-0.4, -0.2) is 250 Å². The fourth-order valence-electron chi connectivity index (χ4n) is 16.1. The summed E-state index contributed by atoms with van der Waals surface area (Å²) in [5, 5.41) is 71.2. The summed E-state index contributed by atoms with van der Waals surface area (Å²) in [7, 11) is 5.71. The van der Waals surface area contributed by atoms with Gasteiger partial charge in [-0.15, -0.1) is 0 Å². The topological polar surface area (TPSA) is 446 Å². The number of aryl methyl sites for hydroxylation is 3. The van der Waals surface area contributed by atoms with Gasteiger partial charge in [-0.2, -0.15) is 30.6 Å². The number of aliphatic hydroxyl groups excluding tert-OH is 3. The summed E-state index contributed by atoms with van der Waals surface area (Å²) in [5.74, 6) is 2.31. The molecule has 40 heteroatoms. The van der Waals surface area contributed by atoms with E-state index in [1.807, 2.05) is 111 Å². The van der Waals surface area contributed by atoms with E-state index in [-0.39, 0.29) is 39.7 Å². The molecule has 694 valence electrons. The van der Waals surface area contributed by atoms with Gasteiger partial charge in [0.2, 0.25) is 17.8 Å². The van der Waals surface area contributed by atoms with Crippen molar-refractivity contribution in [2.45, 2.75) is 109 Å². The zero-order chi connectivity index (χ0) is 90.5. The number of aliphatic hydroxyl groups is 4. The Balaban J connectivity index is 0.000000152. The van der Waals surface area contributed by atoms with Crippen LogP contribution in [0.5, 0.6) is 0 Å². The standard InChI is InChI=1S/3C26H27FN10.C7H12O6.C4H8O.3CH4/c3*1-26(28,20-3-5-22(27)6-4-20)21-13-29-25(30-14-21)36-9-7-35(8-10-36)24-23-11-18(16-37(23)33-17-31-24)19-12-32-34(2)15-19;8-3-1-7(13,6(11)12)2-4(9)5(3)10;1-2-4-5-3-1;;;/h3*3-6,11-17H,7-10,28H2,1-2H3;3-5,8-10,13H,1-2H2,(H,11,12);1-4H2;3*1H4/t3*26-;3-,4-,5?,7?;;;;/m1001..../s1. The van der Waals surface area contributed by atoms with Crippen molar-refractivity contribution in [3.63, 3.8) is 0 Å². The molecule has 20 rings (SSSR count). The number of nitrogens with zero attached hydrogens (tertiary/aromatic N) is 27. The van der Waals surface area contributed by atoms with Crippen molar-refractivity contribution < 1.29 is 48.2 Å². The Hall–Kier alpha value is -13.9. The minimum absolute atomic E-state index is 0. The summed E-state index contributed by atoms with van der Waals surface area (Å²) >= 11 is 0. The molecule has 4 saturated heterocycles. The molecular weight excluding hydrogens is 1690 g/mol. The number of halogens is 3. The molecule has 5 atom stereocenters. The molecule has 1 saturated carbocycles. The fourth-order valence-corrected chi connectivity index (χ4v) is 16.1. The number of carbonyl (C=O) groups is 1. The molecule has 16 heterocycles. The van der Waals surface area contributed by atoms with E-state index in [2.05, 4.69) is 123 Å². The second-order valence-electron chi connectivity index (χ2n) is 33.2. The van der Waals surface area contributed by atoms with Crippen LogP contribution < -0.4 is 46.6 Å². The third kappa shape index (κ3) is 21.1. The summed E-state index contributed by atoms with van der Waals surface area (Å²) in [4.78, 5) is 65.2. The quantitative estimate of drug-likeness (QED) is 0.0451. The Morgan fingerprint density at radius 1 is 0.379 bits per heavy atom. The Bertz CT molecular complexity index is 5720. The van der Waals surface area contributed by atoms with Gasteiger partial charge in [-0.1, -0.05) is 58.7 Å². The first kappa shape index (κ1) is 95.7. The lowest BCUT2D eigenvalue weighted by molar-refractivity contribution is -0.187. The zero-order valence-corrected chi connectivity index (χ0v) is 72.0. The third-order valence-electron chi connectivity index (χ3n) is 24.0. The number of carboxylic acids is 1. The molecule has 0 unspecified atom stereocenters. The first-order valence-corrected chi connectivity index (χ1v) is 42.2. The molecule has 5 aliphatic rings. The van der Waals surface area contributed by atoms with Crippen molar-refractivity contribution in [3.8, 4) is 33.4 Å². The molecule has 132 heavy (non-hydrogen) atoms. The van der Waals surface area contributed by atoms with Crippen molar-refractivity contribution in [2.75, 3.05) is 121 Å². The average molecular weight is 1810 g/mol. The van der Waals surface area contributed by atoms with Crippen molar-refractivity contribution in [1.82, 2.24) is 103 Å². The van der Waals surface area contributed by atoms with E-state index in [0.29, 0.717) is 17.8 Å². The SMILES string of the molecule is C.C.C.C1CCOC1.Cn1cc(-c2cc3c(N4CCN(c5ncc([C@@](C)(N)c6ccc(F)cc6)cn5)CC4)ncnn3c2)cn1.Cn1cc(-c2cc3c(N4CCN(c5ncc([C@@](C)(N)c6ccc(F)cc6)cn5)CC4)ncnn3c2)cn1.Cn1cc(-c2cc3c(N4CCN(c5ncc([C@](C)(N)c6ccc(F)cc6)cn5)CC4)ncnn3c2)cn1.O=C(O)C1(O)C[C@@H](O)C(O)[C@H](O)C1. The first-order chi connectivity index (χ1) is 62.0. The van der Waals surface area contributed by atoms with Crippen LogP contribution in [0.1, 0.15) is 102 Å². The fraction of sp³-hybridized carbons (Fsp3) is 0.370. The van der Waals surface area contributed by atoms with E-state index >= 15 is 0 Å². The molecule has 15 aromatic rings. The van der Waals surface area contributed by atoms with Gasteiger partial charge < -0.3 is 76.9 Å². The van der Waals surface area contributed by atoms with Gasteiger partial charge in [-0.3, -0.25) is 14.0 Å². The van der Waals surface area contributed by atoms with E-state index < -0.39 is 59.3 Å². The average Bonchev–Trinajstić information content (AvgIpc) is 1.64. The number of aliphatic carboxylic acids is 1. The highest BCUT2D eigenvalue weighted by atomic mass is 19.1. The van der Waals surface area contributed by atoms with Gasteiger partial charge in [0.25, 0.3) is 0 Å². The number of nitrogens with two attached hydrogens (primary N) is 3. The largest absolute Gasteiger partial charge is 0.479 e. The molecule has 11 N–H and O–H groups in total. The molecule has 1 aliphatic carbocycles. The summed E-state index contributed by atoms with van der Waals surface area (Å²) in [6.45, 7) is 16.8. The van der Waals surface area contributed by atoms with Crippen molar-refractivity contribution in [3.05, 3.63) is 254 Å². The summed E-state index contributed by atoms with van der Waals surface area (Å²) in [6.07, 6.45) is 30.2. The normalized spacial score (nSPS) is 18.7. The highest BCUT2D eigenvalue weighted by Crippen LogP contribution is 2.36. The van der Waals surface area contributed by atoms with Crippen molar-refractivity contribution in [1.29, 1.82) is 0 Å². The van der Waals surface area contributed by atoms with Crippen LogP contribution in [0.2, 0.25) is 0 Å². The number of ether oxygens (including phenoxy) is 1. The second-order valence-corrected chi connectivity index (χ2v) is 33.2. The maximum Gasteiger partial charge on any atom is 0.335 e. The van der Waals surface area contributed by atoms with Gasteiger partial charge in [-0.25, -0.2) is 76.4 Å². The lowest BCUT2D eigenvalue weighted by Crippen LogP contribution is -2.56. The number of anilines is 6. The minimum atomic E-state index is -2.14. The number of fused-ring (bicyclic) bond motifs is 3. The van der Waals surface area contributed by atoms with Crippen LogP contribution >= 0.6 is 0 Å². The Morgan fingerprint density at radius 3 is 0.864 bits per heavy atom. The first-order valence-electron chi connectivity index (χ1n) is 42.2. The number of carboxylic acid groups (broad SMARTS) is 1. The molecule has 37 nitrogen and oxygen atoms in total. The number of benzene rings is 3. The van der Waals surface area contributed by atoms with Crippen LogP contribution in [0, 0.1) is 17.5 Å². The molecule has 0 amide bonds. The maximum absolute atomic E-state index is 13.3. The van der Waals surface area contributed by atoms with Crippen molar-refractivity contribution in [2.24, 2.45) is 38.3 Å².